The summed E-state index contributed by atoms with van der Waals surface area (Å²) in [4.78, 5) is 32.4. The van der Waals surface area contributed by atoms with Gasteiger partial charge in [0, 0.05) is 49.7 Å². The van der Waals surface area contributed by atoms with Crippen molar-refractivity contribution in [1.29, 1.82) is 0 Å². The molecule has 1 aliphatic heterocycles. The van der Waals surface area contributed by atoms with E-state index in [1.54, 1.807) is 34.3 Å². The fraction of sp³-hybridized carbons (Fsp3) is 0.278. The number of amides is 2. The minimum Gasteiger partial charge on any atom is -0.337 e. The quantitative estimate of drug-likeness (QED) is 0.826. The van der Waals surface area contributed by atoms with Crippen LogP contribution in [-0.2, 0) is 0 Å². The first-order valence-corrected chi connectivity index (χ1v) is 8.37. The summed E-state index contributed by atoms with van der Waals surface area (Å²) in [5.74, 6) is -0.829. The molecule has 3 rings (SSSR count). The van der Waals surface area contributed by atoms with Crippen molar-refractivity contribution >= 4 is 23.4 Å². The standard InChI is InChI=1S/C18H17ClFN3O2/c19-15-12-14(2-3-16(15)20)18(25)23-9-1-8-22(10-11-23)17(24)13-4-6-21-7-5-13/h2-7,12H,1,8-11H2. The highest BCUT2D eigenvalue weighted by molar-refractivity contribution is 6.31. The summed E-state index contributed by atoms with van der Waals surface area (Å²) < 4.78 is 13.3. The Bertz CT molecular complexity index is 785. The lowest BCUT2D eigenvalue weighted by molar-refractivity contribution is 0.0718. The van der Waals surface area contributed by atoms with Crippen LogP contribution in [0, 0.1) is 5.82 Å². The summed E-state index contributed by atoms with van der Waals surface area (Å²) in [5.41, 5.74) is 0.931. The van der Waals surface area contributed by atoms with Crippen molar-refractivity contribution < 1.29 is 14.0 Å². The van der Waals surface area contributed by atoms with Gasteiger partial charge < -0.3 is 9.80 Å². The van der Waals surface area contributed by atoms with Crippen LogP contribution in [0.4, 0.5) is 4.39 Å². The fourth-order valence-corrected chi connectivity index (χ4v) is 2.99. The average molecular weight is 362 g/mol. The molecule has 0 aliphatic carbocycles. The second-order valence-electron chi connectivity index (χ2n) is 5.80. The maximum atomic E-state index is 13.3. The molecule has 0 unspecified atom stereocenters. The van der Waals surface area contributed by atoms with E-state index in [0.717, 1.165) is 0 Å². The summed E-state index contributed by atoms with van der Waals surface area (Å²) in [5, 5.41) is -0.0739. The van der Waals surface area contributed by atoms with E-state index < -0.39 is 5.82 Å². The Balaban J connectivity index is 1.68. The summed E-state index contributed by atoms with van der Waals surface area (Å²) in [6, 6.07) is 7.30. The fourth-order valence-electron chi connectivity index (χ4n) is 2.81. The van der Waals surface area contributed by atoms with Gasteiger partial charge in [0.1, 0.15) is 5.82 Å². The van der Waals surface area contributed by atoms with E-state index in [1.807, 2.05) is 0 Å². The van der Waals surface area contributed by atoms with Crippen LogP contribution in [0.3, 0.4) is 0 Å². The van der Waals surface area contributed by atoms with Crippen molar-refractivity contribution in [2.75, 3.05) is 26.2 Å². The second-order valence-corrected chi connectivity index (χ2v) is 6.21. The summed E-state index contributed by atoms with van der Waals surface area (Å²) >= 11 is 5.76. The van der Waals surface area contributed by atoms with Crippen molar-refractivity contribution in [3.05, 3.63) is 64.7 Å². The van der Waals surface area contributed by atoms with Crippen molar-refractivity contribution in [3.63, 3.8) is 0 Å². The molecule has 0 spiro atoms. The zero-order chi connectivity index (χ0) is 17.8. The van der Waals surface area contributed by atoms with Gasteiger partial charge in [-0.25, -0.2) is 4.39 Å². The maximum Gasteiger partial charge on any atom is 0.254 e. The topological polar surface area (TPSA) is 53.5 Å². The zero-order valence-corrected chi connectivity index (χ0v) is 14.2. The Morgan fingerprint density at radius 1 is 0.920 bits per heavy atom. The van der Waals surface area contributed by atoms with E-state index in [1.165, 1.54) is 18.2 Å². The number of hydrogen-bond donors (Lipinski definition) is 0. The summed E-state index contributed by atoms with van der Waals surface area (Å²) in [6.07, 6.45) is 3.84. The Morgan fingerprint density at radius 2 is 1.52 bits per heavy atom. The number of carbonyl (C=O) groups is 2. The molecule has 130 valence electrons. The van der Waals surface area contributed by atoms with Crippen LogP contribution in [0.2, 0.25) is 5.02 Å². The van der Waals surface area contributed by atoms with E-state index in [0.29, 0.717) is 43.7 Å². The Labute approximate surface area is 150 Å². The third-order valence-corrected chi connectivity index (χ3v) is 4.45. The first-order chi connectivity index (χ1) is 12.1. The Hall–Kier alpha value is -2.47. The van der Waals surface area contributed by atoms with E-state index in [-0.39, 0.29) is 16.8 Å². The molecule has 2 aromatic rings. The van der Waals surface area contributed by atoms with Gasteiger partial charge in [-0.05, 0) is 36.8 Å². The molecular weight excluding hydrogens is 345 g/mol. The normalized spacial score (nSPS) is 15.0. The van der Waals surface area contributed by atoms with Crippen molar-refractivity contribution in [2.24, 2.45) is 0 Å². The lowest BCUT2D eigenvalue weighted by Gasteiger charge is -2.22. The van der Waals surface area contributed by atoms with Crippen LogP contribution in [-0.4, -0.2) is 52.8 Å². The number of carbonyl (C=O) groups excluding carboxylic acids is 2. The van der Waals surface area contributed by atoms with E-state index in [2.05, 4.69) is 4.98 Å². The number of benzene rings is 1. The van der Waals surface area contributed by atoms with Gasteiger partial charge in [0.25, 0.3) is 11.8 Å². The number of aromatic nitrogens is 1. The van der Waals surface area contributed by atoms with E-state index >= 15 is 0 Å². The molecule has 25 heavy (non-hydrogen) atoms. The van der Waals surface area contributed by atoms with Crippen molar-refractivity contribution in [3.8, 4) is 0 Å². The van der Waals surface area contributed by atoms with Crippen LogP contribution in [0.25, 0.3) is 0 Å². The predicted molar refractivity (Wildman–Crippen MR) is 92.1 cm³/mol. The van der Waals surface area contributed by atoms with Crippen LogP contribution in [0.5, 0.6) is 0 Å². The maximum absolute atomic E-state index is 13.3. The highest BCUT2D eigenvalue weighted by Crippen LogP contribution is 2.18. The lowest BCUT2D eigenvalue weighted by Crippen LogP contribution is -2.37. The summed E-state index contributed by atoms with van der Waals surface area (Å²) in [7, 11) is 0. The monoisotopic (exact) mass is 361 g/mol. The molecule has 1 aromatic heterocycles. The van der Waals surface area contributed by atoms with Gasteiger partial charge in [-0.2, -0.15) is 0 Å². The molecular formula is C18H17ClFN3O2. The molecule has 1 aromatic carbocycles. The third-order valence-electron chi connectivity index (χ3n) is 4.16. The molecule has 2 amide bonds. The SMILES string of the molecule is O=C(c1ccncc1)N1CCCN(C(=O)c2ccc(F)c(Cl)c2)CC1. The average Bonchev–Trinajstić information content (AvgIpc) is 2.89. The number of nitrogens with zero attached hydrogens (tertiary/aromatic N) is 3. The minimum atomic E-state index is -0.553. The molecule has 0 N–H and O–H groups in total. The van der Waals surface area contributed by atoms with Gasteiger partial charge in [0.15, 0.2) is 0 Å². The van der Waals surface area contributed by atoms with Crippen molar-refractivity contribution in [1.82, 2.24) is 14.8 Å². The van der Waals surface area contributed by atoms with E-state index in [4.69, 9.17) is 11.6 Å². The zero-order valence-electron chi connectivity index (χ0n) is 13.5. The van der Waals surface area contributed by atoms with Crippen LogP contribution in [0.15, 0.2) is 42.7 Å². The second kappa shape index (κ2) is 7.61. The minimum absolute atomic E-state index is 0.0680. The van der Waals surface area contributed by atoms with Gasteiger partial charge in [-0.15, -0.1) is 0 Å². The van der Waals surface area contributed by atoms with Gasteiger partial charge in [0.2, 0.25) is 0 Å². The van der Waals surface area contributed by atoms with E-state index in [9.17, 15) is 14.0 Å². The molecule has 2 heterocycles. The third kappa shape index (κ3) is 3.96. The first kappa shape index (κ1) is 17.4. The molecule has 0 atom stereocenters. The molecule has 1 aliphatic rings. The molecule has 1 fully saturated rings. The summed E-state index contributed by atoms with van der Waals surface area (Å²) in [6.45, 7) is 1.98. The molecule has 7 heteroatoms. The highest BCUT2D eigenvalue weighted by Gasteiger charge is 2.23. The lowest BCUT2D eigenvalue weighted by atomic mass is 10.2. The van der Waals surface area contributed by atoms with Crippen LogP contribution < -0.4 is 0 Å². The van der Waals surface area contributed by atoms with Gasteiger partial charge in [-0.1, -0.05) is 11.6 Å². The van der Waals surface area contributed by atoms with Gasteiger partial charge >= 0.3 is 0 Å². The molecule has 0 saturated carbocycles. The number of rotatable bonds is 2. The molecule has 5 nitrogen and oxygen atoms in total. The Morgan fingerprint density at radius 3 is 2.12 bits per heavy atom. The predicted octanol–water partition coefficient (Wildman–Crippen LogP) is 2.86. The van der Waals surface area contributed by atoms with Gasteiger partial charge in [0.05, 0.1) is 5.02 Å². The van der Waals surface area contributed by atoms with Crippen LogP contribution in [0.1, 0.15) is 27.1 Å². The van der Waals surface area contributed by atoms with Gasteiger partial charge in [-0.3, -0.25) is 14.6 Å². The smallest absolute Gasteiger partial charge is 0.254 e. The Kier molecular flexibility index (Phi) is 5.28. The number of pyridine rings is 1. The first-order valence-electron chi connectivity index (χ1n) is 8.00. The molecule has 1 saturated heterocycles. The largest absolute Gasteiger partial charge is 0.337 e. The number of hydrogen-bond acceptors (Lipinski definition) is 3. The van der Waals surface area contributed by atoms with Crippen LogP contribution >= 0.6 is 11.6 Å². The van der Waals surface area contributed by atoms with Crippen molar-refractivity contribution in [2.45, 2.75) is 6.42 Å². The molecule has 0 radical (unpaired) electrons. The molecule has 0 bridgehead atoms. The number of halogens is 2. The highest BCUT2D eigenvalue weighted by atomic mass is 35.5.